The molecule has 0 aliphatic carbocycles. The van der Waals surface area contributed by atoms with Gasteiger partial charge >= 0.3 is 5.97 Å². The van der Waals surface area contributed by atoms with Gasteiger partial charge in [-0.15, -0.1) is 0 Å². The van der Waals surface area contributed by atoms with Crippen LogP contribution in [0.2, 0.25) is 0 Å². The summed E-state index contributed by atoms with van der Waals surface area (Å²) in [6, 6.07) is 3.04. The van der Waals surface area contributed by atoms with E-state index < -0.39 is 12.0 Å². The van der Waals surface area contributed by atoms with E-state index in [-0.39, 0.29) is 12.1 Å². The Kier molecular flexibility index (Phi) is 3.66. The lowest BCUT2D eigenvalue weighted by atomic mass is 10.0. The van der Waals surface area contributed by atoms with Gasteiger partial charge in [-0.25, -0.2) is 0 Å². The number of carbonyl (C=O) groups is 1. The van der Waals surface area contributed by atoms with Crippen molar-refractivity contribution < 1.29 is 14.3 Å². The van der Waals surface area contributed by atoms with Crippen LogP contribution in [0.4, 0.5) is 0 Å². The Morgan fingerprint density at radius 1 is 1.67 bits per heavy atom. The Balaban J connectivity index is 1.93. The summed E-state index contributed by atoms with van der Waals surface area (Å²) in [5, 5.41) is 16.3. The molecule has 2 heterocycles. The molecular formula is C12H17N3O3. The van der Waals surface area contributed by atoms with Crippen molar-refractivity contribution in [3.8, 4) is 0 Å². The summed E-state index contributed by atoms with van der Waals surface area (Å²) in [4.78, 5) is 11.1. The van der Waals surface area contributed by atoms with E-state index in [2.05, 4.69) is 15.8 Å². The Labute approximate surface area is 105 Å². The molecule has 1 aliphatic heterocycles. The van der Waals surface area contributed by atoms with Gasteiger partial charge in [0.1, 0.15) is 17.5 Å². The minimum Gasteiger partial charge on any atom is -0.480 e. The van der Waals surface area contributed by atoms with Gasteiger partial charge in [0.25, 0.3) is 0 Å². The zero-order valence-corrected chi connectivity index (χ0v) is 10.4. The maximum Gasteiger partial charge on any atom is 0.321 e. The summed E-state index contributed by atoms with van der Waals surface area (Å²) in [5.74, 6) is -0.126. The summed E-state index contributed by atoms with van der Waals surface area (Å²) in [6.45, 7) is 3.74. The molecule has 0 bridgehead atoms. The number of furan rings is 1. The summed E-state index contributed by atoms with van der Waals surface area (Å²) in [6.07, 6.45) is 2.02. The van der Waals surface area contributed by atoms with Gasteiger partial charge in [0, 0.05) is 6.42 Å². The average molecular weight is 251 g/mol. The minimum absolute atomic E-state index is 0.0111. The van der Waals surface area contributed by atoms with E-state index >= 15 is 0 Å². The van der Waals surface area contributed by atoms with E-state index in [1.54, 1.807) is 12.3 Å². The molecule has 6 nitrogen and oxygen atoms in total. The first kappa shape index (κ1) is 12.6. The lowest BCUT2D eigenvalue weighted by Gasteiger charge is -2.22. The largest absolute Gasteiger partial charge is 0.480 e. The van der Waals surface area contributed by atoms with Crippen LogP contribution in [0.5, 0.6) is 0 Å². The van der Waals surface area contributed by atoms with Crippen molar-refractivity contribution in [2.75, 3.05) is 0 Å². The summed E-state index contributed by atoms with van der Waals surface area (Å²) in [5.41, 5.74) is 3.69. The summed E-state index contributed by atoms with van der Waals surface area (Å²) >= 11 is 0. The van der Waals surface area contributed by atoms with Crippen LogP contribution in [-0.4, -0.2) is 29.0 Å². The van der Waals surface area contributed by atoms with Crippen molar-refractivity contribution in [2.45, 2.75) is 32.5 Å². The molecule has 2 rings (SSSR count). The molecule has 0 saturated carbocycles. The fourth-order valence-corrected chi connectivity index (χ4v) is 1.90. The number of hydrazone groups is 1. The lowest BCUT2D eigenvalue weighted by Crippen LogP contribution is -2.50. The normalized spacial score (nSPS) is 20.6. The van der Waals surface area contributed by atoms with E-state index in [0.717, 1.165) is 5.71 Å². The van der Waals surface area contributed by atoms with Gasteiger partial charge in [-0.1, -0.05) is 13.8 Å². The van der Waals surface area contributed by atoms with Gasteiger partial charge in [-0.2, -0.15) is 5.10 Å². The van der Waals surface area contributed by atoms with Gasteiger partial charge in [0.2, 0.25) is 0 Å². The van der Waals surface area contributed by atoms with Crippen molar-refractivity contribution in [1.29, 1.82) is 0 Å². The van der Waals surface area contributed by atoms with E-state index in [0.29, 0.717) is 12.2 Å². The lowest BCUT2D eigenvalue weighted by molar-refractivity contribution is -0.141. The fourth-order valence-electron chi connectivity index (χ4n) is 1.90. The first-order valence-electron chi connectivity index (χ1n) is 5.92. The zero-order valence-electron chi connectivity index (χ0n) is 10.4. The van der Waals surface area contributed by atoms with Crippen molar-refractivity contribution in [3.05, 3.63) is 24.2 Å². The van der Waals surface area contributed by atoms with Crippen molar-refractivity contribution >= 4 is 11.7 Å². The van der Waals surface area contributed by atoms with Crippen LogP contribution >= 0.6 is 0 Å². The number of rotatable bonds is 5. The monoisotopic (exact) mass is 251 g/mol. The standard InChI is InChI=1S/C12H17N3O3/c1-7(2)11(12(16)17)13-10-6-8(14-15-10)9-4-3-5-18-9/h3-5,7,10-11,13,15H,6H2,1-2H3,(H,16,17)/t10-,11+/m1/s1. The Morgan fingerprint density at radius 2 is 2.44 bits per heavy atom. The molecule has 0 unspecified atom stereocenters. The molecule has 2 atom stereocenters. The van der Waals surface area contributed by atoms with Gasteiger partial charge < -0.3 is 9.52 Å². The molecule has 0 spiro atoms. The third-order valence-corrected chi connectivity index (χ3v) is 2.87. The van der Waals surface area contributed by atoms with Gasteiger partial charge in [-0.3, -0.25) is 15.5 Å². The van der Waals surface area contributed by atoms with Crippen LogP contribution in [0.1, 0.15) is 26.0 Å². The highest BCUT2D eigenvalue weighted by molar-refractivity contribution is 5.99. The third-order valence-electron chi connectivity index (χ3n) is 2.87. The predicted molar refractivity (Wildman–Crippen MR) is 66.2 cm³/mol. The minimum atomic E-state index is -0.849. The molecule has 6 heteroatoms. The van der Waals surface area contributed by atoms with Crippen molar-refractivity contribution in [1.82, 2.24) is 10.7 Å². The quantitative estimate of drug-likeness (QED) is 0.726. The molecule has 18 heavy (non-hydrogen) atoms. The van der Waals surface area contributed by atoms with E-state index in [1.165, 1.54) is 0 Å². The number of carboxylic acids is 1. The van der Waals surface area contributed by atoms with Gasteiger partial charge in [-0.05, 0) is 18.1 Å². The molecule has 1 aromatic heterocycles. The maximum atomic E-state index is 11.1. The Hall–Kier alpha value is -1.82. The molecule has 0 aromatic carbocycles. The summed E-state index contributed by atoms with van der Waals surface area (Å²) in [7, 11) is 0. The van der Waals surface area contributed by atoms with Crippen LogP contribution in [-0.2, 0) is 4.79 Å². The van der Waals surface area contributed by atoms with E-state index in [1.807, 2.05) is 19.9 Å². The highest BCUT2D eigenvalue weighted by Gasteiger charge is 2.28. The van der Waals surface area contributed by atoms with Gasteiger partial charge in [0.15, 0.2) is 0 Å². The molecule has 0 radical (unpaired) electrons. The first-order valence-corrected chi connectivity index (χ1v) is 5.92. The third kappa shape index (κ3) is 2.70. The second-order valence-electron chi connectivity index (χ2n) is 4.65. The molecule has 0 fully saturated rings. The van der Waals surface area contributed by atoms with Gasteiger partial charge in [0.05, 0.1) is 12.4 Å². The van der Waals surface area contributed by atoms with Crippen LogP contribution in [0, 0.1) is 5.92 Å². The maximum absolute atomic E-state index is 11.1. The van der Waals surface area contributed by atoms with Crippen molar-refractivity contribution in [2.24, 2.45) is 11.0 Å². The highest BCUT2D eigenvalue weighted by atomic mass is 16.4. The van der Waals surface area contributed by atoms with E-state index in [4.69, 9.17) is 9.52 Å². The molecule has 98 valence electrons. The number of carboxylic acid groups (broad SMARTS) is 1. The van der Waals surface area contributed by atoms with Crippen LogP contribution in [0.3, 0.4) is 0 Å². The zero-order chi connectivity index (χ0) is 13.1. The molecule has 0 saturated heterocycles. The summed E-state index contributed by atoms with van der Waals surface area (Å²) < 4.78 is 5.25. The topological polar surface area (TPSA) is 86.9 Å². The molecule has 1 aromatic rings. The first-order chi connectivity index (χ1) is 8.58. The molecule has 3 N–H and O–H groups in total. The number of nitrogens with zero attached hydrogens (tertiary/aromatic N) is 1. The molecule has 0 amide bonds. The molecule has 1 aliphatic rings. The second-order valence-corrected chi connectivity index (χ2v) is 4.65. The Bertz CT molecular complexity index is 439. The van der Waals surface area contributed by atoms with Crippen molar-refractivity contribution in [3.63, 3.8) is 0 Å². The second kappa shape index (κ2) is 5.22. The average Bonchev–Trinajstić information content (AvgIpc) is 2.95. The fraction of sp³-hybridized carbons (Fsp3) is 0.500. The number of aliphatic carboxylic acids is 1. The number of hydrogen-bond donors (Lipinski definition) is 3. The van der Waals surface area contributed by atoms with Crippen LogP contribution < -0.4 is 10.7 Å². The predicted octanol–water partition coefficient (Wildman–Crippen LogP) is 1.00. The Morgan fingerprint density at radius 3 is 3.00 bits per heavy atom. The van der Waals surface area contributed by atoms with Crippen LogP contribution in [0.15, 0.2) is 27.9 Å². The SMILES string of the molecule is CC(C)[C@H](N[C@H]1CC(c2ccco2)=NN1)C(=O)O. The highest BCUT2D eigenvalue weighted by Crippen LogP contribution is 2.13. The van der Waals surface area contributed by atoms with Crippen LogP contribution in [0.25, 0.3) is 0 Å². The van der Waals surface area contributed by atoms with E-state index in [9.17, 15) is 4.79 Å². The smallest absolute Gasteiger partial charge is 0.321 e. The number of nitrogens with one attached hydrogen (secondary N) is 2. The number of hydrogen-bond acceptors (Lipinski definition) is 5. The molecular weight excluding hydrogens is 234 g/mol.